The zero-order chi connectivity index (χ0) is 14.4. The molecule has 0 heterocycles. The van der Waals surface area contributed by atoms with Gasteiger partial charge in [-0.05, 0) is 58.9 Å². The highest BCUT2D eigenvalue weighted by molar-refractivity contribution is 6.81. The maximum Gasteiger partial charge on any atom is 0.187 e. The van der Waals surface area contributed by atoms with Crippen molar-refractivity contribution >= 4 is 16.4 Å². The van der Waals surface area contributed by atoms with Crippen molar-refractivity contribution in [3.05, 3.63) is 0 Å². The van der Waals surface area contributed by atoms with E-state index in [1.165, 1.54) is 6.04 Å². The lowest BCUT2D eigenvalue weighted by Crippen LogP contribution is -2.56. The molecule has 5 heteroatoms. The van der Waals surface area contributed by atoms with E-state index >= 15 is 0 Å². The Labute approximate surface area is 116 Å². The average Bonchev–Trinajstić information content (AvgIpc) is 2.22. The molecule has 0 saturated carbocycles. The molecule has 0 amide bonds. The Kier molecular flexibility index (Phi) is 7.32. The molecule has 0 saturated heterocycles. The Bertz CT molecular complexity index is 243. The van der Waals surface area contributed by atoms with Gasteiger partial charge in [0, 0.05) is 5.22 Å². The molecule has 0 aromatic rings. The Hall–Kier alpha value is 0.314. The normalized spacial score (nSPS) is 14.0. The van der Waals surface area contributed by atoms with E-state index in [9.17, 15) is 0 Å². The molecule has 18 heavy (non-hydrogen) atoms. The van der Waals surface area contributed by atoms with Crippen molar-refractivity contribution in [3.63, 3.8) is 0 Å². The molecule has 0 unspecified atom stereocenters. The van der Waals surface area contributed by atoms with Gasteiger partial charge in [0.15, 0.2) is 8.32 Å². The van der Waals surface area contributed by atoms with Gasteiger partial charge >= 0.3 is 0 Å². The second kappa shape index (κ2) is 7.19. The van der Waals surface area contributed by atoms with Crippen LogP contribution in [0.15, 0.2) is 0 Å². The molecule has 0 fully saturated rings. The van der Waals surface area contributed by atoms with E-state index in [0.29, 0.717) is 0 Å². The zero-order valence-corrected chi connectivity index (χ0v) is 15.3. The molecular formula is C13H34N2OSi2. The van der Waals surface area contributed by atoms with Crippen LogP contribution in [0.5, 0.6) is 0 Å². The first-order valence-electron chi connectivity index (χ1n) is 7.18. The summed E-state index contributed by atoms with van der Waals surface area (Å²) in [5.41, 5.74) is 11.3. The van der Waals surface area contributed by atoms with Crippen LogP contribution in [0.1, 0.15) is 26.7 Å². The highest BCUT2D eigenvalue weighted by Crippen LogP contribution is 2.33. The molecule has 0 radical (unpaired) electrons. The molecule has 0 aromatic carbocycles. The molecule has 0 aromatic heterocycles. The summed E-state index contributed by atoms with van der Waals surface area (Å²) in [7, 11) is -2.98. The van der Waals surface area contributed by atoms with Gasteiger partial charge in [0.2, 0.25) is 0 Å². The molecule has 4 N–H and O–H groups in total. The minimum Gasteiger partial charge on any atom is -0.415 e. The van der Waals surface area contributed by atoms with Crippen molar-refractivity contribution in [2.45, 2.75) is 70.2 Å². The largest absolute Gasteiger partial charge is 0.415 e. The van der Waals surface area contributed by atoms with Crippen molar-refractivity contribution < 1.29 is 4.43 Å². The van der Waals surface area contributed by atoms with E-state index in [4.69, 9.17) is 15.9 Å². The molecular weight excluding hydrogens is 256 g/mol. The fraction of sp³-hybridized carbons (Fsp3) is 1.00. The minimum atomic E-state index is -1.59. The zero-order valence-electron chi connectivity index (χ0n) is 13.3. The van der Waals surface area contributed by atoms with Gasteiger partial charge in [0.05, 0.1) is 8.07 Å². The van der Waals surface area contributed by atoms with Crippen molar-refractivity contribution in [3.8, 4) is 0 Å². The van der Waals surface area contributed by atoms with Crippen LogP contribution in [0, 0.1) is 0 Å². The molecule has 0 aliphatic heterocycles. The third-order valence-corrected chi connectivity index (χ3v) is 11.9. The average molecular weight is 291 g/mol. The maximum atomic E-state index is 6.59. The fourth-order valence-corrected chi connectivity index (χ4v) is 8.42. The molecule has 0 aliphatic carbocycles. The molecule has 0 bridgehead atoms. The highest BCUT2D eigenvalue weighted by Gasteiger charge is 2.42. The summed E-state index contributed by atoms with van der Waals surface area (Å²) in [6.07, 6.45) is 2.21. The minimum absolute atomic E-state index is 0.0342. The van der Waals surface area contributed by atoms with Crippen LogP contribution in [0.3, 0.4) is 0 Å². The first-order chi connectivity index (χ1) is 8.08. The predicted molar refractivity (Wildman–Crippen MR) is 87.1 cm³/mol. The van der Waals surface area contributed by atoms with Gasteiger partial charge in [0.25, 0.3) is 0 Å². The SMILES string of the molecule is CC(C)(O[Si](C)(C)CCCN)[Si](C)(C)CCCN. The van der Waals surface area contributed by atoms with E-state index in [2.05, 4.69) is 40.0 Å². The second-order valence-electron chi connectivity index (χ2n) is 7.04. The van der Waals surface area contributed by atoms with Crippen LogP contribution < -0.4 is 11.5 Å². The van der Waals surface area contributed by atoms with E-state index in [1.807, 2.05) is 0 Å². The van der Waals surface area contributed by atoms with Crippen molar-refractivity contribution in [1.82, 2.24) is 0 Å². The Morgan fingerprint density at radius 2 is 1.33 bits per heavy atom. The number of hydrogen-bond donors (Lipinski definition) is 2. The van der Waals surface area contributed by atoms with Gasteiger partial charge < -0.3 is 15.9 Å². The van der Waals surface area contributed by atoms with Crippen LogP contribution in [-0.2, 0) is 4.43 Å². The maximum absolute atomic E-state index is 6.59. The molecule has 0 atom stereocenters. The van der Waals surface area contributed by atoms with Crippen LogP contribution in [0.2, 0.25) is 38.3 Å². The summed E-state index contributed by atoms with van der Waals surface area (Å²) in [5, 5.41) is 0.0342. The van der Waals surface area contributed by atoms with Crippen molar-refractivity contribution in [2.24, 2.45) is 11.5 Å². The van der Waals surface area contributed by atoms with Gasteiger partial charge in [-0.1, -0.05) is 19.1 Å². The van der Waals surface area contributed by atoms with E-state index in [1.54, 1.807) is 0 Å². The third kappa shape index (κ3) is 5.97. The second-order valence-corrected chi connectivity index (χ2v) is 16.7. The van der Waals surface area contributed by atoms with Crippen LogP contribution >= 0.6 is 0 Å². The lowest BCUT2D eigenvalue weighted by atomic mass is 10.5. The van der Waals surface area contributed by atoms with Crippen LogP contribution in [-0.4, -0.2) is 34.7 Å². The van der Waals surface area contributed by atoms with E-state index in [0.717, 1.165) is 32.0 Å². The first-order valence-corrected chi connectivity index (χ1v) is 13.5. The summed E-state index contributed by atoms with van der Waals surface area (Å²) < 4.78 is 6.59. The van der Waals surface area contributed by atoms with Gasteiger partial charge in [0.1, 0.15) is 0 Å². The van der Waals surface area contributed by atoms with Gasteiger partial charge in [-0.2, -0.15) is 0 Å². The highest BCUT2D eigenvalue weighted by atomic mass is 28.4. The van der Waals surface area contributed by atoms with E-state index < -0.39 is 16.4 Å². The van der Waals surface area contributed by atoms with Crippen molar-refractivity contribution in [1.29, 1.82) is 0 Å². The Balaban J connectivity index is 4.60. The first kappa shape index (κ1) is 18.3. The Morgan fingerprint density at radius 3 is 1.78 bits per heavy atom. The molecule has 3 nitrogen and oxygen atoms in total. The summed E-state index contributed by atoms with van der Waals surface area (Å²) in [6, 6.07) is 2.41. The smallest absolute Gasteiger partial charge is 0.187 e. The number of nitrogens with two attached hydrogens (primary N) is 2. The standard InChI is InChI=1S/C13H34N2OSi2/c1-13(2,17(3,4)11-7-9-14)16-18(5,6)12-8-10-15/h7-12,14-15H2,1-6H3. The quantitative estimate of drug-likeness (QED) is 0.642. The lowest BCUT2D eigenvalue weighted by Gasteiger charge is -2.45. The van der Waals surface area contributed by atoms with Crippen LogP contribution in [0.4, 0.5) is 0 Å². The summed E-state index contributed by atoms with van der Waals surface area (Å²) >= 11 is 0. The molecule has 0 aliphatic rings. The number of rotatable bonds is 9. The van der Waals surface area contributed by atoms with Gasteiger partial charge in [-0.15, -0.1) is 0 Å². The fourth-order valence-electron chi connectivity index (χ4n) is 2.25. The molecule has 0 rings (SSSR count). The van der Waals surface area contributed by atoms with E-state index in [-0.39, 0.29) is 5.22 Å². The lowest BCUT2D eigenvalue weighted by molar-refractivity contribution is 0.172. The third-order valence-electron chi connectivity index (χ3n) is 4.15. The molecule has 0 spiro atoms. The summed E-state index contributed by atoms with van der Waals surface area (Å²) in [5.74, 6) is 0. The molecule has 110 valence electrons. The number of hydrogen-bond acceptors (Lipinski definition) is 3. The van der Waals surface area contributed by atoms with Gasteiger partial charge in [-0.25, -0.2) is 0 Å². The van der Waals surface area contributed by atoms with Crippen LogP contribution in [0.25, 0.3) is 0 Å². The topological polar surface area (TPSA) is 61.3 Å². The van der Waals surface area contributed by atoms with Crippen molar-refractivity contribution in [2.75, 3.05) is 13.1 Å². The van der Waals surface area contributed by atoms with Gasteiger partial charge in [-0.3, -0.25) is 0 Å². The Morgan fingerprint density at radius 1 is 0.889 bits per heavy atom. The monoisotopic (exact) mass is 290 g/mol. The predicted octanol–water partition coefficient (Wildman–Crippen LogP) is 2.93. The summed E-state index contributed by atoms with van der Waals surface area (Å²) in [6.45, 7) is 15.6. The summed E-state index contributed by atoms with van der Waals surface area (Å²) in [4.78, 5) is 0.